The zero-order valence-electron chi connectivity index (χ0n) is 9.00. The summed E-state index contributed by atoms with van der Waals surface area (Å²) in [7, 11) is 1.94. The summed E-state index contributed by atoms with van der Waals surface area (Å²) in [6, 6.07) is 2.05. The first kappa shape index (κ1) is 11.2. The third-order valence-electron chi connectivity index (χ3n) is 3.01. The number of nitrogens with one attached hydrogen (secondary N) is 1. The Balaban J connectivity index is 2.20. The standard InChI is InChI=1S/C11H16BrNO2/c1-7-3-5-14-10(7)9(13-2)11-8(12)4-6-15-11/h4,6-7,9-10,13H,3,5H2,1-2H3. The van der Waals surface area contributed by atoms with Gasteiger partial charge in [0, 0.05) is 6.61 Å². The van der Waals surface area contributed by atoms with Crippen molar-refractivity contribution in [3.63, 3.8) is 0 Å². The molecule has 3 nitrogen and oxygen atoms in total. The van der Waals surface area contributed by atoms with Gasteiger partial charge in [0.1, 0.15) is 5.76 Å². The van der Waals surface area contributed by atoms with Crippen LogP contribution < -0.4 is 5.32 Å². The Bertz CT molecular complexity index is 326. The molecule has 0 radical (unpaired) electrons. The summed E-state index contributed by atoms with van der Waals surface area (Å²) in [6.45, 7) is 3.07. The fourth-order valence-corrected chi connectivity index (χ4v) is 2.56. The summed E-state index contributed by atoms with van der Waals surface area (Å²) in [5.41, 5.74) is 0. The van der Waals surface area contributed by atoms with Crippen LogP contribution in [0.2, 0.25) is 0 Å². The van der Waals surface area contributed by atoms with E-state index in [-0.39, 0.29) is 12.1 Å². The topological polar surface area (TPSA) is 34.4 Å². The van der Waals surface area contributed by atoms with E-state index in [1.807, 2.05) is 13.1 Å². The second-order valence-electron chi connectivity index (χ2n) is 4.00. The van der Waals surface area contributed by atoms with Crippen molar-refractivity contribution in [2.75, 3.05) is 13.7 Å². The van der Waals surface area contributed by atoms with E-state index in [0.29, 0.717) is 5.92 Å². The molecule has 0 aromatic carbocycles. The first-order valence-corrected chi connectivity index (χ1v) is 6.05. The molecule has 2 rings (SSSR count). The number of halogens is 1. The van der Waals surface area contributed by atoms with Gasteiger partial charge in [-0.2, -0.15) is 0 Å². The molecule has 3 unspecified atom stereocenters. The SMILES string of the molecule is CNC(c1occc1Br)C1OCCC1C. The van der Waals surface area contributed by atoms with Gasteiger partial charge in [-0.1, -0.05) is 6.92 Å². The highest BCUT2D eigenvalue weighted by Crippen LogP contribution is 2.34. The van der Waals surface area contributed by atoms with E-state index in [2.05, 4.69) is 28.2 Å². The molecule has 1 aliphatic rings. The number of ether oxygens (including phenoxy) is 1. The van der Waals surface area contributed by atoms with E-state index in [1.165, 1.54) is 0 Å². The van der Waals surface area contributed by atoms with E-state index >= 15 is 0 Å². The van der Waals surface area contributed by atoms with Crippen molar-refractivity contribution in [3.05, 3.63) is 22.6 Å². The van der Waals surface area contributed by atoms with E-state index in [4.69, 9.17) is 9.15 Å². The predicted octanol–water partition coefficient (Wildman–Crippen LogP) is 2.73. The molecule has 3 atom stereocenters. The van der Waals surface area contributed by atoms with Gasteiger partial charge < -0.3 is 14.5 Å². The summed E-state index contributed by atoms with van der Waals surface area (Å²) < 4.78 is 12.2. The van der Waals surface area contributed by atoms with Gasteiger partial charge in [-0.05, 0) is 41.4 Å². The van der Waals surface area contributed by atoms with Gasteiger partial charge in [0.25, 0.3) is 0 Å². The molecular weight excluding hydrogens is 258 g/mol. The summed E-state index contributed by atoms with van der Waals surface area (Å²) in [6.07, 6.45) is 3.03. The van der Waals surface area contributed by atoms with Crippen LogP contribution >= 0.6 is 15.9 Å². The van der Waals surface area contributed by atoms with Crippen LogP contribution in [0.4, 0.5) is 0 Å². The summed E-state index contributed by atoms with van der Waals surface area (Å²) in [4.78, 5) is 0. The molecule has 1 aromatic heterocycles. The number of furan rings is 1. The highest BCUT2D eigenvalue weighted by molar-refractivity contribution is 9.10. The van der Waals surface area contributed by atoms with E-state index in [9.17, 15) is 0 Å². The highest BCUT2D eigenvalue weighted by Gasteiger charge is 2.34. The molecule has 2 heterocycles. The Kier molecular flexibility index (Phi) is 3.49. The van der Waals surface area contributed by atoms with E-state index in [1.54, 1.807) is 6.26 Å². The summed E-state index contributed by atoms with van der Waals surface area (Å²) in [5.74, 6) is 1.50. The Hall–Kier alpha value is -0.320. The molecule has 1 aliphatic heterocycles. The van der Waals surface area contributed by atoms with Crippen molar-refractivity contribution < 1.29 is 9.15 Å². The molecule has 1 saturated heterocycles. The molecule has 84 valence electrons. The molecule has 0 spiro atoms. The molecule has 1 fully saturated rings. The normalized spacial score (nSPS) is 28.2. The van der Waals surface area contributed by atoms with Gasteiger partial charge in [-0.15, -0.1) is 0 Å². The second kappa shape index (κ2) is 4.68. The van der Waals surface area contributed by atoms with Crippen LogP contribution in [0, 0.1) is 5.92 Å². The lowest BCUT2D eigenvalue weighted by molar-refractivity contribution is 0.0561. The van der Waals surface area contributed by atoms with Crippen molar-refractivity contribution in [1.82, 2.24) is 5.32 Å². The lowest BCUT2D eigenvalue weighted by Gasteiger charge is -2.24. The zero-order chi connectivity index (χ0) is 10.8. The van der Waals surface area contributed by atoms with Gasteiger partial charge in [0.05, 0.1) is 22.9 Å². The van der Waals surface area contributed by atoms with Crippen LogP contribution in [0.1, 0.15) is 25.1 Å². The smallest absolute Gasteiger partial charge is 0.137 e. The van der Waals surface area contributed by atoms with Crippen molar-refractivity contribution in [1.29, 1.82) is 0 Å². The molecule has 1 N–H and O–H groups in total. The third kappa shape index (κ3) is 2.12. The lowest BCUT2D eigenvalue weighted by Crippen LogP contribution is -2.32. The Morgan fingerprint density at radius 3 is 2.87 bits per heavy atom. The molecule has 1 aromatic rings. The minimum atomic E-state index is 0.131. The first-order valence-electron chi connectivity index (χ1n) is 5.25. The molecule has 0 bridgehead atoms. The van der Waals surface area contributed by atoms with Crippen LogP contribution in [0.25, 0.3) is 0 Å². The van der Waals surface area contributed by atoms with Crippen LogP contribution in [0.3, 0.4) is 0 Å². The lowest BCUT2D eigenvalue weighted by atomic mass is 9.96. The first-order chi connectivity index (χ1) is 7.24. The average molecular weight is 274 g/mol. The monoisotopic (exact) mass is 273 g/mol. The Morgan fingerprint density at radius 2 is 2.40 bits per heavy atom. The molecule has 0 amide bonds. The number of rotatable bonds is 3. The van der Waals surface area contributed by atoms with Gasteiger partial charge in [0.15, 0.2) is 0 Å². The van der Waals surface area contributed by atoms with Crippen LogP contribution in [0.5, 0.6) is 0 Å². The third-order valence-corrected chi connectivity index (χ3v) is 3.67. The zero-order valence-corrected chi connectivity index (χ0v) is 10.6. The second-order valence-corrected chi connectivity index (χ2v) is 4.85. The maximum atomic E-state index is 5.75. The molecule has 15 heavy (non-hydrogen) atoms. The van der Waals surface area contributed by atoms with Crippen molar-refractivity contribution in [2.24, 2.45) is 5.92 Å². The van der Waals surface area contributed by atoms with Gasteiger partial charge in [-0.3, -0.25) is 0 Å². The highest BCUT2D eigenvalue weighted by atomic mass is 79.9. The number of likely N-dealkylation sites (N-methyl/N-ethyl adjacent to an activating group) is 1. The molecular formula is C11H16BrNO2. The Morgan fingerprint density at radius 1 is 1.60 bits per heavy atom. The number of hydrogen-bond acceptors (Lipinski definition) is 3. The summed E-state index contributed by atoms with van der Waals surface area (Å²) in [5, 5.41) is 3.27. The van der Waals surface area contributed by atoms with Gasteiger partial charge >= 0.3 is 0 Å². The van der Waals surface area contributed by atoms with Crippen LogP contribution in [-0.2, 0) is 4.74 Å². The van der Waals surface area contributed by atoms with Crippen molar-refractivity contribution >= 4 is 15.9 Å². The predicted molar refractivity (Wildman–Crippen MR) is 61.7 cm³/mol. The fourth-order valence-electron chi connectivity index (χ4n) is 2.12. The summed E-state index contributed by atoms with van der Waals surface area (Å²) >= 11 is 3.49. The van der Waals surface area contributed by atoms with Crippen LogP contribution in [-0.4, -0.2) is 19.8 Å². The minimum absolute atomic E-state index is 0.131. The van der Waals surface area contributed by atoms with E-state index in [0.717, 1.165) is 23.3 Å². The largest absolute Gasteiger partial charge is 0.466 e. The maximum Gasteiger partial charge on any atom is 0.137 e. The van der Waals surface area contributed by atoms with Crippen LogP contribution in [0.15, 0.2) is 21.2 Å². The van der Waals surface area contributed by atoms with Crippen molar-refractivity contribution in [2.45, 2.75) is 25.5 Å². The molecule has 0 saturated carbocycles. The Labute approximate surface area is 98.3 Å². The van der Waals surface area contributed by atoms with E-state index < -0.39 is 0 Å². The average Bonchev–Trinajstić information content (AvgIpc) is 2.80. The quantitative estimate of drug-likeness (QED) is 0.920. The number of hydrogen-bond donors (Lipinski definition) is 1. The maximum absolute atomic E-state index is 5.75. The fraction of sp³-hybridized carbons (Fsp3) is 0.636. The molecule has 4 heteroatoms. The van der Waals surface area contributed by atoms with Gasteiger partial charge in [0.2, 0.25) is 0 Å². The van der Waals surface area contributed by atoms with Crippen molar-refractivity contribution in [3.8, 4) is 0 Å². The minimum Gasteiger partial charge on any atom is -0.466 e. The molecule has 0 aliphatic carbocycles. The van der Waals surface area contributed by atoms with Gasteiger partial charge in [-0.25, -0.2) is 0 Å².